The molecule has 1 heterocycles. The van der Waals surface area contributed by atoms with Crippen LogP contribution >= 0.6 is 0 Å². The topological polar surface area (TPSA) is 111 Å². The highest BCUT2D eigenvalue weighted by Crippen LogP contribution is 2.19. The number of nitriles is 1. The van der Waals surface area contributed by atoms with Gasteiger partial charge in [0, 0.05) is 11.1 Å². The number of rotatable bonds is 2. The number of anilines is 1. The molecule has 0 saturated heterocycles. The molecule has 0 spiro atoms. The van der Waals surface area contributed by atoms with Gasteiger partial charge < -0.3 is 14.8 Å². The Bertz CT molecular complexity index is 1000. The minimum Gasteiger partial charge on any atom is -0.508 e. The Morgan fingerprint density at radius 1 is 1.17 bits per heavy atom. The van der Waals surface area contributed by atoms with E-state index in [1.165, 1.54) is 18.2 Å². The number of urea groups is 1. The molecule has 2 amide bonds. The molecule has 24 heavy (non-hydrogen) atoms. The fourth-order valence-corrected chi connectivity index (χ4v) is 2.06. The van der Waals surface area contributed by atoms with Crippen molar-refractivity contribution in [3.8, 4) is 11.8 Å². The number of nitrogens with one attached hydrogen (secondary N) is 2. The van der Waals surface area contributed by atoms with Gasteiger partial charge in [0.15, 0.2) is 0 Å². The van der Waals surface area contributed by atoms with Crippen molar-refractivity contribution in [2.24, 2.45) is 5.10 Å². The number of phenols is 1. The minimum absolute atomic E-state index is 0.0288. The quantitative estimate of drug-likeness (QED) is 0.630. The van der Waals surface area contributed by atoms with E-state index in [2.05, 4.69) is 15.8 Å². The number of hydrogen-bond acceptors (Lipinski definition) is 5. The fraction of sp³-hybridized carbons (Fsp3) is 0. The molecule has 0 unspecified atom stereocenters. The van der Waals surface area contributed by atoms with Crippen molar-refractivity contribution in [1.82, 2.24) is 5.43 Å². The van der Waals surface area contributed by atoms with Gasteiger partial charge in [-0.25, -0.2) is 10.2 Å². The fourth-order valence-electron chi connectivity index (χ4n) is 2.06. The second kappa shape index (κ2) is 6.54. The molecule has 0 bridgehead atoms. The lowest BCUT2D eigenvalue weighted by Gasteiger charge is -2.03. The summed E-state index contributed by atoms with van der Waals surface area (Å²) in [7, 11) is 0. The number of carbonyl (C=O) groups is 1. The molecule has 0 aliphatic carbocycles. The first kappa shape index (κ1) is 15.1. The predicted molar refractivity (Wildman–Crippen MR) is 86.8 cm³/mol. The van der Waals surface area contributed by atoms with Gasteiger partial charge >= 0.3 is 6.03 Å². The molecule has 0 fully saturated rings. The number of aromatic hydroxyl groups is 1. The monoisotopic (exact) mass is 320 g/mol. The maximum atomic E-state index is 11.8. The molecule has 118 valence electrons. The molecule has 0 saturated carbocycles. The zero-order valence-electron chi connectivity index (χ0n) is 12.4. The number of benzene rings is 2. The lowest BCUT2D eigenvalue weighted by atomic mass is 10.2. The van der Waals surface area contributed by atoms with Gasteiger partial charge in [0.25, 0.3) is 5.55 Å². The summed E-state index contributed by atoms with van der Waals surface area (Å²) < 4.78 is 5.50. The number of para-hydroxylation sites is 1. The Kier molecular flexibility index (Phi) is 4.12. The standard InChI is InChI=1S/C17H12N4O3/c18-10-12-8-11-9-14(22)6-7-15(11)24-16(12)20-21-17(23)19-13-4-2-1-3-5-13/h1-9,22H,(H2,19,21,23)/b20-16+. The number of fused-ring (bicyclic) bond motifs is 1. The Morgan fingerprint density at radius 2 is 1.96 bits per heavy atom. The average molecular weight is 320 g/mol. The van der Waals surface area contributed by atoms with E-state index in [1.807, 2.05) is 12.1 Å². The van der Waals surface area contributed by atoms with Crippen LogP contribution in [-0.4, -0.2) is 11.1 Å². The zero-order chi connectivity index (χ0) is 16.9. The molecule has 7 nitrogen and oxygen atoms in total. The maximum Gasteiger partial charge on any atom is 0.339 e. The van der Waals surface area contributed by atoms with Crippen molar-refractivity contribution < 1.29 is 14.3 Å². The summed E-state index contributed by atoms with van der Waals surface area (Å²) in [4.78, 5) is 11.8. The summed E-state index contributed by atoms with van der Waals surface area (Å²) in [5, 5.41) is 25.6. The molecule has 3 aromatic rings. The third kappa shape index (κ3) is 3.34. The van der Waals surface area contributed by atoms with E-state index < -0.39 is 6.03 Å². The van der Waals surface area contributed by atoms with E-state index in [4.69, 9.17) is 4.42 Å². The van der Waals surface area contributed by atoms with Gasteiger partial charge in [0.1, 0.15) is 23.0 Å². The van der Waals surface area contributed by atoms with Crippen molar-refractivity contribution in [1.29, 1.82) is 5.26 Å². The SMILES string of the molecule is N#Cc1cc2cc(O)ccc2o/c1=N/NC(=O)Nc1ccccc1. The van der Waals surface area contributed by atoms with Crippen LogP contribution in [-0.2, 0) is 0 Å². The van der Waals surface area contributed by atoms with Crippen LogP contribution in [0, 0.1) is 11.3 Å². The van der Waals surface area contributed by atoms with E-state index in [0.29, 0.717) is 16.7 Å². The van der Waals surface area contributed by atoms with Crippen LogP contribution in [0.15, 0.2) is 64.1 Å². The normalized spacial score (nSPS) is 11.0. The van der Waals surface area contributed by atoms with E-state index >= 15 is 0 Å². The summed E-state index contributed by atoms with van der Waals surface area (Å²) >= 11 is 0. The molecule has 0 atom stereocenters. The van der Waals surface area contributed by atoms with Crippen LogP contribution in [0.2, 0.25) is 0 Å². The molecule has 0 aliphatic rings. The third-order valence-electron chi connectivity index (χ3n) is 3.14. The molecular weight excluding hydrogens is 308 g/mol. The molecule has 3 rings (SSSR count). The first-order chi connectivity index (χ1) is 11.7. The molecule has 3 N–H and O–H groups in total. The number of phenolic OH excluding ortho intramolecular Hbond substituents is 1. The van der Waals surface area contributed by atoms with Crippen molar-refractivity contribution >= 4 is 22.7 Å². The number of hydrogen-bond donors (Lipinski definition) is 3. The van der Waals surface area contributed by atoms with Gasteiger partial charge in [-0.1, -0.05) is 18.2 Å². The van der Waals surface area contributed by atoms with Crippen LogP contribution in [0.3, 0.4) is 0 Å². The Morgan fingerprint density at radius 3 is 2.71 bits per heavy atom. The lowest BCUT2D eigenvalue weighted by molar-refractivity contribution is 0.251. The van der Waals surface area contributed by atoms with Crippen molar-refractivity contribution in [2.75, 3.05) is 5.32 Å². The van der Waals surface area contributed by atoms with Gasteiger partial charge in [0.05, 0.1) is 0 Å². The molecule has 0 radical (unpaired) electrons. The lowest BCUT2D eigenvalue weighted by Crippen LogP contribution is -2.27. The summed E-state index contributed by atoms with van der Waals surface area (Å²) in [6.45, 7) is 0. The van der Waals surface area contributed by atoms with E-state index in [9.17, 15) is 15.2 Å². The summed E-state index contributed by atoms with van der Waals surface area (Å²) in [6, 6.07) is 16.2. The van der Waals surface area contributed by atoms with Crippen molar-refractivity contribution in [3.63, 3.8) is 0 Å². The molecule has 2 aromatic carbocycles. The van der Waals surface area contributed by atoms with Crippen molar-refractivity contribution in [2.45, 2.75) is 0 Å². The highest BCUT2D eigenvalue weighted by atomic mass is 16.3. The van der Waals surface area contributed by atoms with E-state index in [0.717, 1.165) is 0 Å². The van der Waals surface area contributed by atoms with E-state index in [1.54, 1.807) is 30.3 Å². The molecular formula is C17H12N4O3. The van der Waals surface area contributed by atoms with Gasteiger partial charge in [-0.3, -0.25) is 0 Å². The van der Waals surface area contributed by atoms with Gasteiger partial charge in [-0.15, -0.1) is 5.10 Å². The smallest absolute Gasteiger partial charge is 0.339 e. The second-order valence-electron chi connectivity index (χ2n) is 4.84. The van der Waals surface area contributed by atoms with Crippen LogP contribution < -0.4 is 16.3 Å². The van der Waals surface area contributed by atoms with Gasteiger partial charge in [0.2, 0.25) is 0 Å². The molecule has 7 heteroatoms. The van der Waals surface area contributed by atoms with Crippen LogP contribution in [0.25, 0.3) is 11.0 Å². The zero-order valence-corrected chi connectivity index (χ0v) is 12.4. The van der Waals surface area contributed by atoms with Gasteiger partial charge in [-0.05, 0) is 36.4 Å². The van der Waals surface area contributed by atoms with Crippen LogP contribution in [0.5, 0.6) is 5.75 Å². The minimum atomic E-state index is -0.564. The summed E-state index contributed by atoms with van der Waals surface area (Å²) in [5.74, 6) is 0.0617. The largest absolute Gasteiger partial charge is 0.508 e. The third-order valence-corrected chi connectivity index (χ3v) is 3.14. The Balaban J connectivity index is 1.88. The molecule has 1 aromatic heterocycles. The first-order valence-corrected chi connectivity index (χ1v) is 6.98. The first-order valence-electron chi connectivity index (χ1n) is 6.98. The Hall–Kier alpha value is -3.79. The number of amides is 2. The predicted octanol–water partition coefficient (Wildman–Crippen LogP) is 2.65. The van der Waals surface area contributed by atoms with Crippen LogP contribution in [0.4, 0.5) is 10.5 Å². The average Bonchev–Trinajstić information content (AvgIpc) is 2.60. The summed E-state index contributed by atoms with van der Waals surface area (Å²) in [6.07, 6.45) is 0. The molecule has 0 aliphatic heterocycles. The number of nitrogens with zero attached hydrogens (tertiary/aromatic N) is 2. The van der Waals surface area contributed by atoms with Gasteiger partial charge in [-0.2, -0.15) is 5.26 Å². The van der Waals surface area contributed by atoms with Crippen molar-refractivity contribution in [3.05, 3.63) is 65.7 Å². The maximum absolute atomic E-state index is 11.8. The Labute approximate surface area is 136 Å². The second-order valence-corrected chi connectivity index (χ2v) is 4.84. The number of carbonyl (C=O) groups excluding carboxylic acids is 1. The summed E-state index contributed by atoms with van der Waals surface area (Å²) in [5.41, 5.74) is 3.42. The van der Waals surface area contributed by atoms with E-state index in [-0.39, 0.29) is 16.9 Å². The highest BCUT2D eigenvalue weighted by Gasteiger charge is 2.05. The van der Waals surface area contributed by atoms with Crippen LogP contribution in [0.1, 0.15) is 5.56 Å². The highest BCUT2D eigenvalue weighted by molar-refractivity contribution is 5.88.